The fourth-order valence-corrected chi connectivity index (χ4v) is 2.67. The lowest BCUT2D eigenvalue weighted by atomic mass is 10.1. The maximum atomic E-state index is 11.9. The van der Waals surface area contributed by atoms with E-state index in [1.54, 1.807) is 11.6 Å². The van der Waals surface area contributed by atoms with Gasteiger partial charge in [0.05, 0.1) is 6.54 Å². The Balaban J connectivity index is 1.87. The molecular formula is C15H18N4O2S. The molecule has 2 aromatic rings. The molecule has 0 unspecified atom stereocenters. The van der Waals surface area contributed by atoms with E-state index in [9.17, 15) is 9.59 Å². The molecule has 0 aliphatic rings. The second kappa shape index (κ2) is 7.04. The highest BCUT2D eigenvalue weighted by Crippen LogP contribution is 2.21. The van der Waals surface area contributed by atoms with Crippen molar-refractivity contribution in [3.8, 4) is 0 Å². The summed E-state index contributed by atoms with van der Waals surface area (Å²) in [6, 6.07) is 3.55. The van der Waals surface area contributed by atoms with Crippen molar-refractivity contribution in [2.24, 2.45) is 0 Å². The Hall–Kier alpha value is -2.41. The van der Waals surface area contributed by atoms with Gasteiger partial charge in [0, 0.05) is 17.3 Å². The first-order valence-electron chi connectivity index (χ1n) is 6.78. The number of benzene rings is 1. The van der Waals surface area contributed by atoms with Crippen molar-refractivity contribution in [2.45, 2.75) is 20.8 Å². The van der Waals surface area contributed by atoms with Gasteiger partial charge in [0.25, 0.3) is 0 Å². The molecule has 0 saturated heterocycles. The van der Waals surface area contributed by atoms with Gasteiger partial charge < -0.3 is 10.6 Å². The zero-order valence-corrected chi connectivity index (χ0v) is 13.5. The molecule has 0 bridgehead atoms. The standard InChI is InChI=1S/C15H18N4O2S/c1-9-6-10(2)13(11(3)7-9)18-12(20)8-17-14(21)19-15-16-4-5-22-15/h4-7H,8H2,1-3H3,(H,18,20)(H2,16,17,19,21). The first kappa shape index (κ1) is 16.0. The number of carbonyl (C=O) groups is 2. The lowest BCUT2D eigenvalue weighted by molar-refractivity contribution is -0.115. The fourth-order valence-electron chi connectivity index (χ4n) is 2.15. The summed E-state index contributed by atoms with van der Waals surface area (Å²) in [4.78, 5) is 27.5. The summed E-state index contributed by atoms with van der Waals surface area (Å²) in [5.74, 6) is -0.274. The largest absolute Gasteiger partial charge is 0.329 e. The van der Waals surface area contributed by atoms with E-state index in [0.717, 1.165) is 22.4 Å². The molecule has 0 radical (unpaired) electrons. The van der Waals surface area contributed by atoms with Gasteiger partial charge in [-0.3, -0.25) is 10.1 Å². The quantitative estimate of drug-likeness (QED) is 0.810. The third-order valence-corrected chi connectivity index (χ3v) is 3.69. The Morgan fingerprint density at radius 1 is 1.14 bits per heavy atom. The molecule has 116 valence electrons. The lowest BCUT2D eigenvalue weighted by Crippen LogP contribution is -2.36. The predicted molar refractivity (Wildman–Crippen MR) is 88.4 cm³/mol. The van der Waals surface area contributed by atoms with E-state index in [4.69, 9.17) is 0 Å². The zero-order chi connectivity index (χ0) is 16.1. The number of anilines is 2. The molecule has 1 heterocycles. The van der Waals surface area contributed by atoms with E-state index < -0.39 is 6.03 Å². The number of nitrogens with zero attached hydrogens (tertiary/aromatic N) is 1. The van der Waals surface area contributed by atoms with Crippen LogP contribution >= 0.6 is 11.3 Å². The molecular weight excluding hydrogens is 300 g/mol. The normalized spacial score (nSPS) is 10.1. The molecule has 0 saturated carbocycles. The summed E-state index contributed by atoms with van der Waals surface area (Å²) >= 11 is 1.31. The number of hydrogen-bond acceptors (Lipinski definition) is 4. The number of urea groups is 1. The van der Waals surface area contributed by atoms with E-state index in [0.29, 0.717) is 5.13 Å². The monoisotopic (exact) mass is 318 g/mol. The van der Waals surface area contributed by atoms with Crippen molar-refractivity contribution >= 4 is 34.1 Å². The van der Waals surface area contributed by atoms with Gasteiger partial charge in [0.1, 0.15) is 0 Å². The Morgan fingerprint density at radius 3 is 2.41 bits per heavy atom. The zero-order valence-electron chi connectivity index (χ0n) is 12.7. The van der Waals surface area contributed by atoms with Crippen molar-refractivity contribution in [3.63, 3.8) is 0 Å². The molecule has 22 heavy (non-hydrogen) atoms. The fraction of sp³-hybridized carbons (Fsp3) is 0.267. The highest BCUT2D eigenvalue weighted by molar-refractivity contribution is 7.13. The van der Waals surface area contributed by atoms with E-state index in [1.165, 1.54) is 11.3 Å². The molecule has 2 rings (SSSR count). The van der Waals surface area contributed by atoms with Gasteiger partial charge in [-0.05, 0) is 31.9 Å². The van der Waals surface area contributed by atoms with E-state index in [-0.39, 0.29) is 12.5 Å². The van der Waals surface area contributed by atoms with Crippen LogP contribution in [-0.4, -0.2) is 23.5 Å². The second-order valence-corrected chi connectivity index (χ2v) is 5.86. The van der Waals surface area contributed by atoms with Crippen molar-refractivity contribution in [3.05, 3.63) is 40.4 Å². The summed E-state index contributed by atoms with van der Waals surface area (Å²) in [5.41, 5.74) is 3.93. The molecule has 3 N–H and O–H groups in total. The number of hydrogen-bond donors (Lipinski definition) is 3. The number of aryl methyl sites for hydroxylation is 3. The van der Waals surface area contributed by atoms with Crippen LogP contribution in [0.3, 0.4) is 0 Å². The Kier molecular flexibility index (Phi) is 5.11. The topological polar surface area (TPSA) is 83.1 Å². The first-order chi connectivity index (χ1) is 10.5. The van der Waals surface area contributed by atoms with E-state index >= 15 is 0 Å². The predicted octanol–water partition coefficient (Wildman–Crippen LogP) is 2.83. The summed E-state index contributed by atoms with van der Waals surface area (Å²) in [5, 5.41) is 10.1. The SMILES string of the molecule is Cc1cc(C)c(NC(=O)CNC(=O)Nc2nccs2)c(C)c1. The van der Waals surface area contributed by atoms with Gasteiger partial charge in [0.15, 0.2) is 5.13 Å². The summed E-state index contributed by atoms with van der Waals surface area (Å²) in [6.07, 6.45) is 1.59. The Bertz CT molecular complexity index is 660. The molecule has 1 aromatic carbocycles. The number of aromatic nitrogens is 1. The van der Waals surface area contributed by atoms with Crippen LogP contribution in [0.5, 0.6) is 0 Å². The Morgan fingerprint density at radius 2 is 1.82 bits per heavy atom. The van der Waals surface area contributed by atoms with Gasteiger partial charge in [-0.15, -0.1) is 11.3 Å². The lowest BCUT2D eigenvalue weighted by Gasteiger charge is -2.13. The minimum Gasteiger partial charge on any atom is -0.329 e. The van der Waals surface area contributed by atoms with Crippen LogP contribution in [0, 0.1) is 20.8 Å². The van der Waals surface area contributed by atoms with Crippen LogP contribution in [0.1, 0.15) is 16.7 Å². The third-order valence-electron chi connectivity index (χ3n) is 3.00. The summed E-state index contributed by atoms with van der Waals surface area (Å²) in [6.45, 7) is 5.79. The minimum absolute atomic E-state index is 0.107. The second-order valence-electron chi connectivity index (χ2n) is 4.97. The van der Waals surface area contributed by atoms with Gasteiger partial charge in [-0.1, -0.05) is 17.7 Å². The van der Waals surface area contributed by atoms with Crippen molar-refractivity contribution in [1.82, 2.24) is 10.3 Å². The molecule has 1 aromatic heterocycles. The number of amides is 3. The van der Waals surface area contributed by atoms with E-state index in [1.807, 2.05) is 32.9 Å². The molecule has 0 aliphatic carbocycles. The van der Waals surface area contributed by atoms with Crippen molar-refractivity contribution in [2.75, 3.05) is 17.2 Å². The highest BCUT2D eigenvalue weighted by Gasteiger charge is 2.10. The van der Waals surface area contributed by atoms with Crippen LogP contribution < -0.4 is 16.0 Å². The minimum atomic E-state index is -0.456. The number of carbonyl (C=O) groups excluding carboxylic acids is 2. The molecule has 0 fully saturated rings. The number of rotatable bonds is 4. The number of thiazole rings is 1. The molecule has 0 aliphatic heterocycles. The van der Waals surface area contributed by atoms with Crippen LogP contribution in [0.25, 0.3) is 0 Å². The molecule has 7 heteroatoms. The molecule has 3 amide bonds. The summed E-state index contributed by atoms with van der Waals surface area (Å²) < 4.78 is 0. The highest BCUT2D eigenvalue weighted by atomic mass is 32.1. The molecule has 0 atom stereocenters. The average Bonchev–Trinajstić information content (AvgIpc) is 2.93. The maximum Gasteiger partial charge on any atom is 0.321 e. The molecule has 0 spiro atoms. The van der Waals surface area contributed by atoms with Gasteiger partial charge in [-0.2, -0.15) is 0 Å². The van der Waals surface area contributed by atoms with Crippen molar-refractivity contribution < 1.29 is 9.59 Å². The summed E-state index contributed by atoms with van der Waals surface area (Å²) in [7, 11) is 0. The van der Waals surface area contributed by atoms with Crippen LogP contribution in [0.2, 0.25) is 0 Å². The maximum absolute atomic E-state index is 11.9. The van der Waals surface area contributed by atoms with Gasteiger partial charge in [0.2, 0.25) is 5.91 Å². The molecule has 6 nitrogen and oxygen atoms in total. The first-order valence-corrected chi connectivity index (χ1v) is 7.65. The van der Waals surface area contributed by atoms with Gasteiger partial charge in [-0.25, -0.2) is 9.78 Å². The number of nitrogens with one attached hydrogen (secondary N) is 3. The van der Waals surface area contributed by atoms with Gasteiger partial charge >= 0.3 is 6.03 Å². The smallest absolute Gasteiger partial charge is 0.321 e. The third kappa shape index (κ3) is 4.29. The van der Waals surface area contributed by atoms with Crippen LogP contribution in [0.15, 0.2) is 23.7 Å². The van der Waals surface area contributed by atoms with Crippen LogP contribution in [-0.2, 0) is 4.79 Å². The Labute approximate surface area is 133 Å². The average molecular weight is 318 g/mol. The van der Waals surface area contributed by atoms with Crippen molar-refractivity contribution in [1.29, 1.82) is 0 Å². The van der Waals surface area contributed by atoms with Crippen LogP contribution in [0.4, 0.5) is 15.6 Å². The van der Waals surface area contributed by atoms with E-state index in [2.05, 4.69) is 20.9 Å².